The number of benzene rings is 4. The van der Waals surface area contributed by atoms with Crippen LogP contribution in [-0.2, 0) is 0 Å². The number of nitrogens with two attached hydrogens (primary N) is 1. The van der Waals surface area contributed by atoms with Crippen LogP contribution in [0.15, 0.2) is 94.6 Å². The smallest absolute Gasteiger partial charge is 0.140 e. The number of pyridine rings is 1. The zero-order valence-corrected chi connectivity index (χ0v) is 17.4. The first-order chi connectivity index (χ1) is 14.7. The molecule has 1 heterocycles. The van der Waals surface area contributed by atoms with Gasteiger partial charge in [-0.1, -0.05) is 76.6 Å². The minimum atomic E-state index is 0.253. The zero-order chi connectivity index (χ0) is 20.7. The molecule has 5 rings (SSSR count). The molecule has 0 amide bonds. The number of anilines is 1. The van der Waals surface area contributed by atoms with Gasteiger partial charge in [-0.2, -0.15) is 0 Å². The van der Waals surface area contributed by atoms with E-state index in [0.29, 0.717) is 5.69 Å². The van der Waals surface area contributed by atoms with Crippen LogP contribution in [0.5, 0.6) is 0 Å². The highest BCUT2D eigenvalue weighted by molar-refractivity contribution is 9.10. The standard InChI is InChI=1S/C25H16BrN3O/c26-17-12-10-16(11-13-17)24-20-14-19(15-6-2-1-3-7-15)23(27)25(29-30)22(20)18-8-4-5-9-21(18)28-24/h1-14H,27H2. The molecule has 0 aliphatic heterocycles. The summed E-state index contributed by atoms with van der Waals surface area (Å²) in [5, 5.41) is 5.80. The number of fused-ring (bicyclic) bond motifs is 3. The van der Waals surface area contributed by atoms with Gasteiger partial charge in [0.15, 0.2) is 0 Å². The maximum atomic E-state index is 12.0. The van der Waals surface area contributed by atoms with Crippen LogP contribution in [-0.4, -0.2) is 4.98 Å². The van der Waals surface area contributed by atoms with E-state index in [2.05, 4.69) is 21.1 Å². The zero-order valence-electron chi connectivity index (χ0n) is 15.8. The first-order valence-electron chi connectivity index (χ1n) is 9.47. The van der Waals surface area contributed by atoms with Crippen LogP contribution in [0.25, 0.3) is 44.1 Å². The van der Waals surface area contributed by atoms with Crippen molar-refractivity contribution in [2.75, 3.05) is 5.73 Å². The first-order valence-corrected chi connectivity index (χ1v) is 10.3. The number of nitrogens with zero attached hydrogens (tertiary/aromatic N) is 2. The molecule has 0 saturated heterocycles. The summed E-state index contributed by atoms with van der Waals surface area (Å²) in [4.78, 5) is 16.9. The molecule has 4 aromatic carbocycles. The Balaban J connectivity index is 1.98. The van der Waals surface area contributed by atoms with Gasteiger partial charge in [0.05, 0.1) is 16.9 Å². The van der Waals surface area contributed by atoms with Gasteiger partial charge in [-0.25, -0.2) is 4.98 Å². The van der Waals surface area contributed by atoms with Gasteiger partial charge in [0, 0.05) is 31.8 Å². The van der Waals surface area contributed by atoms with Crippen molar-refractivity contribution in [3.05, 3.63) is 94.3 Å². The summed E-state index contributed by atoms with van der Waals surface area (Å²) in [6, 6.07) is 27.5. The second-order valence-electron chi connectivity index (χ2n) is 7.05. The minimum absolute atomic E-state index is 0.253. The number of hydrogen-bond donors (Lipinski definition) is 1. The van der Waals surface area contributed by atoms with E-state index in [1.807, 2.05) is 84.9 Å². The van der Waals surface area contributed by atoms with E-state index in [1.54, 1.807) is 0 Å². The van der Waals surface area contributed by atoms with Gasteiger partial charge in [-0.15, -0.1) is 4.91 Å². The molecule has 0 spiro atoms. The van der Waals surface area contributed by atoms with E-state index >= 15 is 0 Å². The summed E-state index contributed by atoms with van der Waals surface area (Å²) >= 11 is 3.49. The lowest BCUT2D eigenvalue weighted by atomic mass is 9.93. The van der Waals surface area contributed by atoms with Gasteiger partial charge in [-0.3, -0.25) is 0 Å². The highest BCUT2D eigenvalue weighted by atomic mass is 79.9. The highest BCUT2D eigenvalue weighted by Gasteiger charge is 2.19. The molecular formula is C25H16BrN3O. The topological polar surface area (TPSA) is 68.3 Å². The molecule has 0 aliphatic rings. The van der Waals surface area contributed by atoms with Crippen LogP contribution in [0.2, 0.25) is 0 Å². The van der Waals surface area contributed by atoms with E-state index in [1.165, 1.54) is 0 Å². The molecule has 1 aromatic heterocycles. The Morgan fingerprint density at radius 2 is 1.50 bits per heavy atom. The predicted molar refractivity (Wildman–Crippen MR) is 128 cm³/mol. The molecule has 2 N–H and O–H groups in total. The number of aromatic nitrogens is 1. The number of rotatable bonds is 3. The Kier molecular flexibility index (Phi) is 4.52. The Morgan fingerprint density at radius 3 is 2.23 bits per heavy atom. The van der Waals surface area contributed by atoms with Crippen LogP contribution in [0, 0.1) is 4.91 Å². The number of halogens is 1. The van der Waals surface area contributed by atoms with Gasteiger partial charge in [0.1, 0.15) is 5.69 Å². The molecule has 0 aliphatic carbocycles. The molecule has 4 nitrogen and oxygen atoms in total. The van der Waals surface area contributed by atoms with E-state index in [9.17, 15) is 4.91 Å². The number of para-hydroxylation sites is 1. The fraction of sp³-hybridized carbons (Fsp3) is 0. The van der Waals surface area contributed by atoms with Gasteiger partial charge >= 0.3 is 0 Å². The van der Waals surface area contributed by atoms with Gasteiger partial charge in [0.25, 0.3) is 0 Å². The van der Waals surface area contributed by atoms with E-state index in [4.69, 9.17) is 10.7 Å². The third kappa shape index (κ3) is 2.95. The number of hydrogen-bond acceptors (Lipinski definition) is 4. The molecule has 0 atom stereocenters. The lowest BCUT2D eigenvalue weighted by Gasteiger charge is -2.16. The molecular weight excluding hydrogens is 438 g/mol. The molecule has 5 aromatic rings. The third-order valence-electron chi connectivity index (χ3n) is 5.29. The fourth-order valence-corrected chi connectivity index (χ4v) is 4.15. The van der Waals surface area contributed by atoms with Crippen molar-refractivity contribution >= 4 is 49.0 Å². The van der Waals surface area contributed by atoms with Crippen LogP contribution in [0.1, 0.15) is 0 Å². The summed E-state index contributed by atoms with van der Waals surface area (Å²) in [7, 11) is 0. The highest BCUT2D eigenvalue weighted by Crippen LogP contribution is 2.45. The Hall–Kier alpha value is -3.57. The second kappa shape index (κ2) is 7.35. The van der Waals surface area contributed by atoms with Crippen molar-refractivity contribution in [2.45, 2.75) is 0 Å². The maximum Gasteiger partial charge on any atom is 0.140 e. The second-order valence-corrected chi connectivity index (χ2v) is 7.97. The fourth-order valence-electron chi connectivity index (χ4n) is 3.89. The molecule has 0 unspecified atom stereocenters. The van der Waals surface area contributed by atoms with Crippen molar-refractivity contribution < 1.29 is 0 Å². The first kappa shape index (κ1) is 18.5. The van der Waals surface area contributed by atoms with Gasteiger partial charge in [0.2, 0.25) is 0 Å². The molecule has 0 saturated carbocycles. The van der Waals surface area contributed by atoms with Crippen LogP contribution < -0.4 is 5.73 Å². The maximum absolute atomic E-state index is 12.0. The van der Waals surface area contributed by atoms with E-state index in [-0.39, 0.29) is 5.69 Å². The summed E-state index contributed by atoms with van der Waals surface area (Å²) in [6.45, 7) is 0. The Bertz CT molecular complexity index is 1410. The lowest BCUT2D eigenvalue weighted by Crippen LogP contribution is -1.96. The van der Waals surface area contributed by atoms with Crippen molar-refractivity contribution in [2.24, 2.45) is 5.18 Å². The van der Waals surface area contributed by atoms with E-state index in [0.717, 1.165) is 48.5 Å². The largest absolute Gasteiger partial charge is 0.396 e. The van der Waals surface area contributed by atoms with Crippen molar-refractivity contribution in [1.29, 1.82) is 0 Å². The van der Waals surface area contributed by atoms with Gasteiger partial charge < -0.3 is 5.73 Å². The normalized spacial score (nSPS) is 11.1. The van der Waals surface area contributed by atoms with Crippen molar-refractivity contribution in [3.8, 4) is 22.4 Å². The third-order valence-corrected chi connectivity index (χ3v) is 5.82. The molecule has 5 heteroatoms. The lowest BCUT2D eigenvalue weighted by molar-refractivity contribution is 1.42. The molecule has 144 valence electrons. The van der Waals surface area contributed by atoms with Gasteiger partial charge in [-0.05, 0) is 35.0 Å². The predicted octanol–water partition coefficient (Wildman–Crippen LogP) is 7.46. The summed E-state index contributed by atoms with van der Waals surface area (Å²) < 4.78 is 0.987. The van der Waals surface area contributed by atoms with Crippen LogP contribution in [0.4, 0.5) is 11.4 Å². The quantitative estimate of drug-likeness (QED) is 0.175. The molecule has 0 fully saturated rings. The summed E-state index contributed by atoms with van der Waals surface area (Å²) in [6.07, 6.45) is 0. The molecule has 30 heavy (non-hydrogen) atoms. The van der Waals surface area contributed by atoms with Crippen LogP contribution in [0.3, 0.4) is 0 Å². The monoisotopic (exact) mass is 453 g/mol. The Morgan fingerprint density at radius 1 is 0.800 bits per heavy atom. The van der Waals surface area contributed by atoms with E-state index < -0.39 is 0 Å². The molecule has 0 bridgehead atoms. The van der Waals surface area contributed by atoms with Crippen molar-refractivity contribution in [3.63, 3.8) is 0 Å². The number of nitrogen functional groups attached to an aromatic ring is 1. The Labute approximate surface area is 181 Å². The van der Waals surface area contributed by atoms with Crippen molar-refractivity contribution in [1.82, 2.24) is 4.98 Å². The average Bonchev–Trinajstić information content (AvgIpc) is 2.79. The SMILES string of the molecule is Nc1c(-c2ccccc2)cc2c(-c3ccc(Br)cc3)nc3ccccc3c2c1N=O. The average molecular weight is 454 g/mol. The number of nitroso groups, excluding NO2 is 1. The summed E-state index contributed by atoms with van der Waals surface area (Å²) in [5.74, 6) is 0. The minimum Gasteiger partial charge on any atom is -0.396 e. The molecule has 0 radical (unpaired) electrons. The summed E-state index contributed by atoms with van der Waals surface area (Å²) in [5.41, 5.74) is 11.3. The van der Waals surface area contributed by atoms with Crippen LogP contribution >= 0.6 is 15.9 Å².